The van der Waals surface area contributed by atoms with Crippen LogP contribution in [0.3, 0.4) is 0 Å². The molecule has 0 saturated heterocycles. The minimum absolute atomic E-state index is 0.345. The maximum absolute atomic E-state index is 10.3. The Morgan fingerprint density at radius 3 is 2.11 bits per heavy atom. The SMILES string of the molecule is C#Cc1ccc(C2=NC(C)(C)C(C)(C)N2O)cc1. The molecule has 0 aromatic heterocycles. The molecule has 1 heterocycles. The van der Waals surface area contributed by atoms with Crippen molar-refractivity contribution >= 4 is 5.84 Å². The second kappa shape index (κ2) is 3.86. The third-order valence-corrected chi connectivity index (χ3v) is 3.92. The molecule has 1 aromatic carbocycles. The van der Waals surface area contributed by atoms with E-state index >= 15 is 0 Å². The highest BCUT2D eigenvalue weighted by Crippen LogP contribution is 2.37. The van der Waals surface area contributed by atoms with Gasteiger partial charge in [0.2, 0.25) is 0 Å². The molecule has 0 spiro atoms. The summed E-state index contributed by atoms with van der Waals surface area (Å²) in [6.45, 7) is 7.97. The molecular weight excluding hydrogens is 224 g/mol. The summed E-state index contributed by atoms with van der Waals surface area (Å²) in [6.07, 6.45) is 5.33. The smallest absolute Gasteiger partial charge is 0.156 e. The molecule has 0 amide bonds. The Morgan fingerprint density at radius 1 is 1.17 bits per heavy atom. The molecule has 3 heteroatoms. The molecule has 94 valence electrons. The van der Waals surface area contributed by atoms with Gasteiger partial charge in [0.1, 0.15) is 0 Å². The molecular formula is C15H18N2O. The van der Waals surface area contributed by atoms with Crippen LogP contribution in [0.1, 0.15) is 38.8 Å². The molecule has 1 N–H and O–H groups in total. The van der Waals surface area contributed by atoms with Gasteiger partial charge in [-0.25, -0.2) is 5.06 Å². The van der Waals surface area contributed by atoms with Crippen LogP contribution in [0.2, 0.25) is 0 Å². The topological polar surface area (TPSA) is 35.8 Å². The van der Waals surface area contributed by atoms with E-state index in [-0.39, 0.29) is 5.54 Å². The zero-order valence-corrected chi connectivity index (χ0v) is 11.2. The van der Waals surface area contributed by atoms with Crippen molar-refractivity contribution in [1.29, 1.82) is 0 Å². The van der Waals surface area contributed by atoms with Gasteiger partial charge in [-0.05, 0) is 52.0 Å². The Balaban J connectivity index is 2.43. The summed E-state index contributed by atoms with van der Waals surface area (Å²) in [4.78, 5) is 4.62. The van der Waals surface area contributed by atoms with Gasteiger partial charge >= 0.3 is 0 Å². The normalized spacial score (nSPS) is 20.4. The molecule has 1 aromatic rings. The number of amidine groups is 1. The van der Waals surface area contributed by atoms with Gasteiger partial charge in [-0.15, -0.1) is 6.42 Å². The average molecular weight is 242 g/mol. The predicted octanol–water partition coefficient (Wildman–Crippen LogP) is 2.68. The molecule has 1 aliphatic rings. The third-order valence-electron chi connectivity index (χ3n) is 3.92. The standard InChI is InChI=1S/C15H18N2O/c1-6-11-7-9-12(10-8-11)13-16-14(2,3)15(4,5)17(13)18/h1,7-10,18H,2-5H3. The lowest BCUT2D eigenvalue weighted by molar-refractivity contribution is -0.0992. The van der Waals surface area contributed by atoms with Gasteiger partial charge in [0.15, 0.2) is 5.84 Å². The molecule has 1 aliphatic heterocycles. The maximum Gasteiger partial charge on any atom is 0.156 e. The summed E-state index contributed by atoms with van der Waals surface area (Å²) in [6, 6.07) is 7.47. The zero-order chi connectivity index (χ0) is 13.6. The van der Waals surface area contributed by atoms with E-state index in [4.69, 9.17) is 6.42 Å². The predicted molar refractivity (Wildman–Crippen MR) is 72.7 cm³/mol. The fraction of sp³-hybridized carbons (Fsp3) is 0.400. The van der Waals surface area contributed by atoms with Crippen LogP contribution in [-0.2, 0) is 0 Å². The van der Waals surface area contributed by atoms with Crippen LogP contribution in [-0.4, -0.2) is 27.2 Å². The Kier molecular flexibility index (Phi) is 2.71. The quantitative estimate of drug-likeness (QED) is 0.768. The Morgan fingerprint density at radius 2 is 1.72 bits per heavy atom. The molecule has 3 nitrogen and oxygen atoms in total. The van der Waals surface area contributed by atoms with Crippen molar-refractivity contribution in [2.75, 3.05) is 0 Å². The van der Waals surface area contributed by atoms with E-state index in [9.17, 15) is 5.21 Å². The number of hydrogen-bond donors (Lipinski definition) is 1. The number of aliphatic imine (C=N–C) groups is 1. The first-order chi connectivity index (χ1) is 8.29. The van der Waals surface area contributed by atoms with Crippen molar-refractivity contribution in [3.05, 3.63) is 35.4 Å². The number of nitrogens with zero attached hydrogens (tertiary/aromatic N) is 2. The van der Waals surface area contributed by atoms with E-state index < -0.39 is 5.54 Å². The van der Waals surface area contributed by atoms with Gasteiger partial charge in [0.25, 0.3) is 0 Å². The van der Waals surface area contributed by atoms with Crippen LogP contribution in [0.25, 0.3) is 0 Å². The lowest BCUT2D eigenvalue weighted by Crippen LogP contribution is -2.51. The summed E-state index contributed by atoms with van der Waals surface area (Å²) < 4.78 is 0. The zero-order valence-electron chi connectivity index (χ0n) is 11.2. The number of rotatable bonds is 1. The molecule has 0 aliphatic carbocycles. The minimum atomic E-state index is -0.437. The van der Waals surface area contributed by atoms with E-state index in [1.54, 1.807) is 0 Å². The minimum Gasteiger partial charge on any atom is -0.286 e. The molecule has 0 radical (unpaired) electrons. The van der Waals surface area contributed by atoms with Crippen molar-refractivity contribution in [3.63, 3.8) is 0 Å². The highest BCUT2D eigenvalue weighted by Gasteiger charge is 2.49. The molecule has 0 fully saturated rings. The molecule has 0 atom stereocenters. The highest BCUT2D eigenvalue weighted by atomic mass is 16.5. The molecule has 0 bridgehead atoms. The summed E-state index contributed by atoms with van der Waals surface area (Å²) >= 11 is 0. The van der Waals surface area contributed by atoms with Crippen molar-refractivity contribution in [2.45, 2.75) is 38.8 Å². The van der Waals surface area contributed by atoms with E-state index in [0.29, 0.717) is 5.84 Å². The first kappa shape index (κ1) is 12.7. The van der Waals surface area contributed by atoms with Crippen LogP contribution >= 0.6 is 0 Å². The fourth-order valence-corrected chi connectivity index (χ4v) is 1.88. The lowest BCUT2D eigenvalue weighted by atomic mass is 9.84. The van der Waals surface area contributed by atoms with Crippen LogP contribution in [0, 0.1) is 12.3 Å². The van der Waals surface area contributed by atoms with Crippen molar-refractivity contribution in [1.82, 2.24) is 5.06 Å². The van der Waals surface area contributed by atoms with Gasteiger partial charge in [-0.2, -0.15) is 0 Å². The Bertz CT molecular complexity index is 533. The second-order valence-electron chi connectivity index (χ2n) is 5.59. The van der Waals surface area contributed by atoms with E-state index in [2.05, 4.69) is 10.9 Å². The number of benzene rings is 1. The van der Waals surface area contributed by atoms with Gasteiger partial charge in [0.05, 0.1) is 11.1 Å². The number of terminal acetylenes is 1. The largest absolute Gasteiger partial charge is 0.286 e. The van der Waals surface area contributed by atoms with E-state index in [1.807, 2.05) is 52.0 Å². The monoisotopic (exact) mass is 242 g/mol. The van der Waals surface area contributed by atoms with Gasteiger partial charge in [0, 0.05) is 11.1 Å². The van der Waals surface area contributed by atoms with Gasteiger partial charge < -0.3 is 0 Å². The fourth-order valence-electron chi connectivity index (χ4n) is 1.88. The average Bonchev–Trinajstić information content (AvgIpc) is 2.50. The van der Waals surface area contributed by atoms with Crippen LogP contribution in [0.15, 0.2) is 29.3 Å². The Hall–Kier alpha value is -1.79. The maximum atomic E-state index is 10.3. The first-order valence-electron chi connectivity index (χ1n) is 5.95. The number of hydroxylamine groups is 2. The van der Waals surface area contributed by atoms with Crippen LogP contribution in [0.5, 0.6) is 0 Å². The highest BCUT2D eigenvalue weighted by molar-refractivity contribution is 6.00. The summed E-state index contributed by atoms with van der Waals surface area (Å²) in [5.74, 6) is 3.16. The van der Waals surface area contributed by atoms with Gasteiger partial charge in [-0.1, -0.05) is 5.92 Å². The Labute approximate surface area is 108 Å². The lowest BCUT2D eigenvalue weighted by Gasteiger charge is -2.36. The van der Waals surface area contributed by atoms with Crippen molar-refractivity contribution < 1.29 is 5.21 Å². The summed E-state index contributed by atoms with van der Waals surface area (Å²) in [5.41, 5.74) is 0.908. The van der Waals surface area contributed by atoms with E-state index in [0.717, 1.165) is 11.1 Å². The molecule has 0 saturated carbocycles. The second-order valence-corrected chi connectivity index (χ2v) is 5.59. The van der Waals surface area contributed by atoms with Crippen LogP contribution < -0.4 is 0 Å². The van der Waals surface area contributed by atoms with Crippen molar-refractivity contribution in [3.8, 4) is 12.3 Å². The van der Waals surface area contributed by atoms with E-state index in [1.165, 1.54) is 5.06 Å². The third kappa shape index (κ3) is 1.70. The van der Waals surface area contributed by atoms with Gasteiger partial charge in [-0.3, -0.25) is 10.2 Å². The summed E-state index contributed by atoms with van der Waals surface area (Å²) in [7, 11) is 0. The molecule has 0 unspecified atom stereocenters. The molecule has 18 heavy (non-hydrogen) atoms. The van der Waals surface area contributed by atoms with Crippen molar-refractivity contribution in [2.24, 2.45) is 4.99 Å². The van der Waals surface area contributed by atoms with Crippen LogP contribution in [0.4, 0.5) is 0 Å². The summed E-state index contributed by atoms with van der Waals surface area (Å²) in [5, 5.41) is 11.5. The molecule has 2 rings (SSSR count). The number of hydrogen-bond acceptors (Lipinski definition) is 3. The first-order valence-corrected chi connectivity index (χ1v) is 5.95.